The van der Waals surface area contributed by atoms with Crippen molar-refractivity contribution in [2.24, 2.45) is 11.8 Å². The third kappa shape index (κ3) is 3.61. The van der Waals surface area contributed by atoms with Crippen LogP contribution in [0.5, 0.6) is 0 Å². The van der Waals surface area contributed by atoms with Gasteiger partial charge in [0.2, 0.25) is 0 Å². The molecule has 0 saturated heterocycles. The maximum absolute atomic E-state index is 6.20. The Bertz CT molecular complexity index is 584. The van der Waals surface area contributed by atoms with E-state index in [0.717, 1.165) is 41.5 Å². The van der Waals surface area contributed by atoms with Gasteiger partial charge < -0.3 is 9.73 Å². The van der Waals surface area contributed by atoms with Crippen LogP contribution in [0.4, 0.5) is 0 Å². The normalized spacial score (nSPS) is 22.8. The van der Waals surface area contributed by atoms with Gasteiger partial charge in [0.25, 0.3) is 0 Å². The number of hydrogen-bond acceptors (Lipinski definition) is 2. The number of rotatable bonds is 5. The van der Waals surface area contributed by atoms with Crippen LogP contribution in [0, 0.1) is 11.8 Å². The van der Waals surface area contributed by atoms with E-state index in [1.54, 1.807) is 0 Å². The summed E-state index contributed by atoms with van der Waals surface area (Å²) in [6.45, 7) is 4.23. The molecule has 0 radical (unpaired) electrons. The van der Waals surface area contributed by atoms with E-state index in [-0.39, 0.29) is 0 Å². The summed E-state index contributed by atoms with van der Waals surface area (Å²) >= 11 is 6.20. The number of halogens is 1. The van der Waals surface area contributed by atoms with Crippen LogP contribution in [0.1, 0.15) is 44.6 Å². The summed E-state index contributed by atoms with van der Waals surface area (Å²) in [5.74, 6) is 1.84. The molecule has 1 aliphatic carbocycles. The van der Waals surface area contributed by atoms with Crippen LogP contribution in [0.15, 0.2) is 28.7 Å². The third-order valence-electron chi connectivity index (χ3n) is 4.82. The first-order valence-corrected chi connectivity index (χ1v) is 8.48. The molecule has 2 nitrogen and oxygen atoms in total. The summed E-state index contributed by atoms with van der Waals surface area (Å²) in [7, 11) is 0. The molecule has 3 heteroatoms. The molecule has 1 heterocycles. The van der Waals surface area contributed by atoms with Crippen LogP contribution in [0.2, 0.25) is 5.22 Å². The first-order chi connectivity index (χ1) is 10.2. The first kappa shape index (κ1) is 14.9. The fraction of sp³-hybridized carbons (Fsp3) is 0.556. The summed E-state index contributed by atoms with van der Waals surface area (Å²) in [6.07, 6.45) is 6.89. The molecule has 0 spiro atoms. The second-order valence-corrected chi connectivity index (χ2v) is 6.79. The molecule has 114 valence electrons. The molecule has 1 aromatic heterocycles. The zero-order valence-corrected chi connectivity index (χ0v) is 13.5. The van der Waals surface area contributed by atoms with Gasteiger partial charge in [0.15, 0.2) is 5.22 Å². The molecule has 1 N–H and O–H groups in total. The van der Waals surface area contributed by atoms with Crippen molar-refractivity contribution < 1.29 is 4.42 Å². The van der Waals surface area contributed by atoms with Gasteiger partial charge in [-0.2, -0.15) is 0 Å². The van der Waals surface area contributed by atoms with Crippen LogP contribution < -0.4 is 5.32 Å². The van der Waals surface area contributed by atoms with Crippen molar-refractivity contribution in [1.82, 2.24) is 5.32 Å². The van der Waals surface area contributed by atoms with Crippen molar-refractivity contribution in [3.63, 3.8) is 0 Å². The van der Waals surface area contributed by atoms with Gasteiger partial charge in [0.1, 0.15) is 5.58 Å². The Morgan fingerprint density at radius 2 is 1.95 bits per heavy atom. The molecular weight excluding hydrogens is 282 g/mol. The average molecular weight is 306 g/mol. The average Bonchev–Trinajstić information content (AvgIpc) is 2.81. The molecule has 1 aromatic carbocycles. The van der Waals surface area contributed by atoms with Crippen molar-refractivity contribution in [3.05, 3.63) is 35.0 Å². The fourth-order valence-corrected chi connectivity index (χ4v) is 3.62. The Morgan fingerprint density at radius 1 is 1.19 bits per heavy atom. The van der Waals surface area contributed by atoms with Gasteiger partial charge in [0.05, 0.1) is 0 Å². The Labute approximate surface area is 131 Å². The molecule has 0 atom stereocenters. The molecular formula is C18H24ClNO. The van der Waals surface area contributed by atoms with Crippen LogP contribution >= 0.6 is 11.6 Å². The fourth-order valence-electron chi connectivity index (χ4n) is 3.37. The highest BCUT2D eigenvalue weighted by Crippen LogP contribution is 2.31. The Hall–Kier alpha value is -0.990. The quantitative estimate of drug-likeness (QED) is 0.749. The molecule has 0 unspecified atom stereocenters. The maximum Gasteiger partial charge on any atom is 0.199 e. The van der Waals surface area contributed by atoms with Gasteiger partial charge in [-0.25, -0.2) is 0 Å². The first-order valence-electron chi connectivity index (χ1n) is 8.10. The number of nitrogens with one attached hydrogen (secondary N) is 1. The molecule has 0 amide bonds. The summed E-state index contributed by atoms with van der Waals surface area (Å²) in [5, 5.41) is 5.18. The lowest BCUT2D eigenvalue weighted by Crippen LogP contribution is -2.20. The zero-order chi connectivity index (χ0) is 14.7. The summed E-state index contributed by atoms with van der Waals surface area (Å²) in [4.78, 5) is 0. The Balaban J connectivity index is 1.49. The van der Waals surface area contributed by atoms with Crippen molar-refractivity contribution in [1.29, 1.82) is 0 Å². The van der Waals surface area contributed by atoms with Gasteiger partial charge in [-0.05, 0) is 42.5 Å². The van der Waals surface area contributed by atoms with E-state index in [4.69, 9.17) is 16.0 Å². The van der Waals surface area contributed by atoms with E-state index in [9.17, 15) is 0 Å². The van der Waals surface area contributed by atoms with E-state index >= 15 is 0 Å². The largest absolute Gasteiger partial charge is 0.444 e. The minimum Gasteiger partial charge on any atom is -0.444 e. The summed E-state index contributed by atoms with van der Waals surface area (Å²) in [6, 6.07) is 8.04. The standard InChI is InChI=1S/C18H24ClNO/c1-13-6-8-14(9-7-13)10-11-20-12-16-15-4-2-3-5-17(15)21-18(16)19/h2-5,13-14,20H,6-12H2,1H3. The number of para-hydroxylation sites is 1. The lowest BCUT2D eigenvalue weighted by atomic mass is 9.81. The molecule has 0 bridgehead atoms. The summed E-state index contributed by atoms with van der Waals surface area (Å²) < 4.78 is 5.58. The SMILES string of the molecule is CC1CCC(CCNCc2c(Cl)oc3ccccc23)CC1. The highest BCUT2D eigenvalue weighted by molar-refractivity contribution is 6.30. The van der Waals surface area contributed by atoms with E-state index in [1.807, 2.05) is 18.2 Å². The molecule has 2 aromatic rings. The summed E-state index contributed by atoms with van der Waals surface area (Å²) in [5.41, 5.74) is 1.96. The van der Waals surface area contributed by atoms with E-state index in [0.29, 0.717) is 5.22 Å². The van der Waals surface area contributed by atoms with Gasteiger partial charge in [-0.1, -0.05) is 50.8 Å². The van der Waals surface area contributed by atoms with Crippen molar-refractivity contribution in [2.45, 2.75) is 45.6 Å². The van der Waals surface area contributed by atoms with Gasteiger partial charge >= 0.3 is 0 Å². The van der Waals surface area contributed by atoms with Gasteiger partial charge in [0, 0.05) is 17.5 Å². The third-order valence-corrected chi connectivity index (χ3v) is 5.12. The molecule has 1 saturated carbocycles. The lowest BCUT2D eigenvalue weighted by Gasteiger charge is -2.26. The topological polar surface area (TPSA) is 25.2 Å². The highest BCUT2D eigenvalue weighted by Gasteiger charge is 2.18. The number of fused-ring (bicyclic) bond motifs is 1. The molecule has 21 heavy (non-hydrogen) atoms. The monoisotopic (exact) mass is 305 g/mol. The van der Waals surface area contributed by atoms with E-state index in [2.05, 4.69) is 18.3 Å². The lowest BCUT2D eigenvalue weighted by molar-refractivity contribution is 0.275. The van der Waals surface area contributed by atoms with Gasteiger partial charge in [-0.3, -0.25) is 0 Å². The van der Waals surface area contributed by atoms with Crippen molar-refractivity contribution >= 4 is 22.6 Å². The van der Waals surface area contributed by atoms with E-state index in [1.165, 1.54) is 32.1 Å². The molecule has 0 aliphatic heterocycles. The number of furan rings is 1. The molecule has 1 fully saturated rings. The predicted molar refractivity (Wildman–Crippen MR) is 88.7 cm³/mol. The van der Waals surface area contributed by atoms with Crippen LogP contribution in [-0.4, -0.2) is 6.54 Å². The maximum atomic E-state index is 6.20. The van der Waals surface area contributed by atoms with E-state index < -0.39 is 0 Å². The Kier molecular flexibility index (Phi) is 4.87. The van der Waals surface area contributed by atoms with Crippen molar-refractivity contribution in [3.8, 4) is 0 Å². The van der Waals surface area contributed by atoms with Crippen LogP contribution in [0.3, 0.4) is 0 Å². The van der Waals surface area contributed by atoms with Gasteiger partial charge in [-0.15, -0.1) is 0 Å². The molecule has 1 aliphatic rings. The highest BCUT2D eigenvalue weighted by atomic mass is 35.5. The van der Waals surface area contributed by atoms with Crippen LogP contribution in [0.25, 0.3) is 11.0 Å². The zero-order valence-electron chi connectivity index (χ0n) is 12.7. The second-order valence-electron chi connectivity index (χ2n) is 6.44. The minimum atomic E-state index is 0.523. The number of benzene rings is 1. The van der Waals surface area contributed by atoms with Crippen LogP contribution in [-0.2, 0) is 6.54 Å². The van der Waals surface area contributed by atoms with Crippen molar-refractivity contribution in [2.75, 3.05) is 6.54 Å². The molecule has 3 rings (SSSR count). The predicted octanol–water partition coefficient (Wildman–Crippen LogP) is 5.39. The second kappa shape index (κ2) is 6.85. The number of hydrogen-bond donors (Lipinski definition) is 1. The Morgan fingerprint density at radius 3 is 2.76 bits per heavy atom. The minimum absolute atomic E-state index is 0.523. The smallest absolute Gasteiger partial charge is 0.199 e.